The highest BCUT2D eigenvalue weighted by molar-refractivity contribution is 8.00. The number of nitrogens with one attached hydrogen (secondary N) is 1. The van der Waals surface area contributed by atoms with Crippen molar-refractivity contribution >= 4 is 33.4 Å². The largest absolute Gasteiger partial charge is 0.316 e. The molecule has 112 valence electrons. The molecule has 1 saturated heterocycles. The molecule has 1 aliphatic rings. The maximum atomic E-state index is 12.7. The van der Waals surface area contributed by atoms with Crippen LogP contribution in [0.15, 0.2) is 23.1 Å². The quantitative estimate of drug-likeness (QED) is 0.917. The van der Waals surface area contributed by atoms with Crippen LogP contribution in [-0.2, 0) is 16.6 Å². The molecule has 0 radical (unpaired) electrons. The number of thioether (sulfide) groups is 1. The van der Waals surface area contributed by atoms with Gasteiger partial charge < -0.3 is 5.32 Å². The molecule has 0 amide bonds. The molecule has 0 aliphatic carbocycles. The molecule has 1 heterocycles. The molecule has 20 heavy (non-hydrogen) atoms. The van der Waals surface area contributed by atoms with Crippen molar-refractivity contribution in [1.29, 1.82) is 0 Å². The van der Waals surface area contributed by atoms with Crippen molar-refractivity contribution in [2.75, 3.05) is 25.9 Å². The molecular weight excluding hydrogens is 316 g/mol. The van der Waals surface area contributed by atoms with Gasteiger partial charge in [0.05, 0.1) is 5.02 Å². The second-order valence-corrected chi connectivity index (χ2v) is 8.70. The Morgan fingerprint density at radius 3 is 2.90 bits per heavy atom. The third-order valence-corrected chi connectivity index (χ3v) is 6.68. The third-order valence-electron chi connectivity index (χ3n) is 3.20. The average molecular weight is 335 g/mol. The van der Waals surface area contributed by atoms with Gasteiger partial charge in [-0.15, -0.1) is 0 Å². The van der Waals surface area contributed by atoms with Crippen LogP contribution in [0.1, 0.15) is 12.5 Å². The van der Waals surface area contributed by atoms with Gasteiger partial charge in [-0.1, -0.05) is 24.6 Å². The Labute approximate surface area is 129 Å². The van der Waals surface area contributed by atoms with Crippen LogP contribution in [-0.4, -0.2) is 43.9 Å². The van der Waals surface area contributed by atoms with E-state index in [9.17, 15) is 8.42 Å². The first-order valence-corrected chi connectivity index (χ1v) is 9.36. The lowest BCUT2D eigenvalue weighted by Crippen LogP contribution is -2.41. The Balaban J connectivity index is 2.35. The summed E-state index contributed by atoms with van der Waals surface area (Å²) in [4.78, 5) is 0.214. The van der Waals surface area contributed by atoms with Gasteiger partial charge in [-0.05, 0) is 24.7 Å². The van der Waals surface area contributed by atoms with Gasteiger partial charge >= 0.3 is 0 Å². The summed E-state index contributed by atoms with van der Waals surface area (Å²) in [6, 6.07) is 5.16. The van der Waals surface area contributed by atoms with Crippen LogP contribution in [0.3, 0.4) is 0 Å². The molecule has 4 nitrogen and oxygen atoms in total. The minimum atomic E-state index is -3.51. The van der Waals surface area contributed by atoms with E-state index >= 15 is 0 Å². The van der Waals surface area contributed by atoms with Crippen molar-refractivity contribution in [3.05, 3.63) is 28.8 Å². The van der Waals surface area contributed by atoms with Crippen molar-refractivity contribution < 1.29 is 8.42 Å². The Morgan fingerprint density at radius 1 is 1.50 bits per heavy atom. The standard InChI is InChI=1S/C13H19ClN2O2S2/c1-10-9-16(5-6-19-10)20(17,18)13-7-11(8-15-2)3-4-12(13)14/h3-4,7,10,15H,5-6,8-9H2,1-2H3. The SMILES string of the molecule is CNCc1ccc(Cl)c(S(=O)(=O)N2CCSC(C)C2)c1. The van der Waals surface area contributed by atoms with Gasteiger partial charge in [-0.2, -0.15) is 16.1 Å². The van der Waals surface area contributed by atoms with Crippen LogP contribution in [0, 0.1) is 0 Å². The number of rotatable bonds is 4. The minimum absolute atomic E-state index is 0.214. The fourth-order valence-corrected chi connectivity index (χ4v) is 5.48. The fraction of sp³-hybridized carbons (Fsp3) is 0.538. The zero-order valence-electron chi connectivity index (χ0n) is 11.6. The van der Waals surface area contributed by atoms with Crippen molar-refractivity contribution in [2.24, 2.45) is 0 Å². The van der Waals surface area contributed by atoms with Gasteiger partial charge in [-0.25, -0.2) is 8.42 Å². The molecule has 7 heteroatoms. The molecule has 1 atom stereocenters. The summed E-state index contributed by atoms with van der Waals surface area (Å²) < 4.78 is 27.0. The summed E-state index contributed by atoms with van der Waals surface area (Å²) in [5.41, 5.74) is 0.912. The van der Waals surface area contributed by atoms with Crippen LogP contribution in [0.2, 0.25) is 5.02 Å². The first kappa shape index (κ1) is 16.1. The first-order valence-electron chi connectivity index (χ1n) is 6.50. The summed E-state index contributed by atoms with van der Waals surface area (Å²) in [6.45, 7) is 3.75. The number of halogens is 1. The molecule has 0 aromatic heterocycles. The van der Waals surface area contributed by atoms with Crippen molar-refractivity contribution in [2.45, 2.75) is 23.6 Å². The molecule has 1 aromatic rings. The monoisotopic (exact) mass is 334 g/mol. The number of hydrogen-bond acceptors (Lipinski definition) is 4. The Bertz CT molecular complexity index is 578. The molecule has 1 aromatic carbocycles. The smallest absolute Gasteiger partial charge is 0.244 e. The van der Waals surface area contributed by atoms with E-state index in [1.54, 1.807) is 28.2 Å². The van der Waals surface area contributed by atoms with Crippen LogP contribution in [0.25, 0.3) is 0 Å². The normalized spacial score (nSPS) is 21.1. The molecule has 1 fully saturated rings. The lowest BCUT2D eigenvalue weighted by atomic mass is 10.2. The van der Waals surface area contributed by atoms with Crippen molar-refractivity contribution in [3.8, 4) is 0 Å². The maximum Gasteiger partial charge on any atom is 0.244 e. The molecular formula is C13H19ClN2O2S2. The van der Waals surface area contributed by atoms with Crippen LogP contribution >= 0.6 is 23.4 Å². The van der Waals surface area contributed by atoms with Crippen molar-refractivity contribution in [1.82, 2.24) is 9.62 Å². The highest BCUT2D eigenvalue weighted by Gasteiger charge is 2.30. The number of benzene rings is 1. The number of nitrogens with zero attached hydrogens (tertiary/aromatic N) is 1. The molecule has 0 spiro atoms. The van der Waals surface area contributed by atoms with Crippen LogP contribution in [0.5, 0.6) is 0 Å². The van der Waals surface area contributed by atoms with Gasteiger partial charge in [0.25, 0.3) is 0 Å². The van der Waals surface area contributed by atoms with Gasteiger partial charge in [0.15, 0.2) is 0 Å². The summed E-state index contributed by atoms with van der Waals surface area (Å²) in [5.74, 6) is 0.828. The molecule has 2 rings (SSSR count). The first-order chi connectivity index (χ1) is 9.45. The molecule has 1 N–H and O–H groups in total. The Morgan fingerprint density at radius 2 is 2.25 bits per heavy atom. The third kappa shape index (κ3) is 3.49. The summed E-state index contributed by atoms with van der Waals surface area (Å²) >= 11 is 7.90. The predicted molar refractivity (Wildman–Crippen MR) is 84.9 cm³/mol. The summed E-state index contributed by atoms with van der Waals surface area (Å²) in [7, 11) is -1.68. The van der Waals surface area contributed by atoms with E-state index in [4.69, 9.17) is 11.6 Å². The van der Waals surface area contributed by atoms with Gasteiger partial charge in [0.1, 0.15) is 4.90 Å². The van der Waals surface area contributed by atoms with E-state index in [1.807, 2.05) is 20.0 Å². The van der Waals surface area contributed by atoms with E-state index < -0.39 is 10.0 Å². The zero-order chi connectivity index (χ0) is 14.8. The van der Waals surface area contributed by atoms with E-state index in [2.05, 4.69) is 5.32 Å². The van der Waals surface area contributed by atoms with E-state index in [1.165, 1.54) is 0 Å². The lowest BCUT2D eigenvalue weighted by molar-refractivity contribution is 0.424. The Hall–Kier alpha value is -0.270. The van der Waals surface area contributed by atoms with Gasteiger partial charge in [0.2, 0.25) is 10.0 Å². The molecule has 0 bridgehead atoms. The predicted octanol–water partition coefficient (Wildman–Crippen LogP) is 2.19. The average Bonchev–Trinajstić information content (AvgIpc) is 2.41. The summed E-state index contributed by atoms with van der Waals surface area (Å²) in [6.07, 6.45) is 0. The molecule has 1 aliphatic heterocycles. The zero-order valence-corrected chi connectivity index (χ0v) is 14.0. The van der Waals surface area contributed by atoms with Crippen LogP contribution < -0.4 is 5.32 Å². The van der Waals surface area contributed by atoms with E-state index in [0.717, 1.165) is 11.3 Å². The molecule has 1 unspecified atom stereocenters. The molecule has 0 saturated carbocycles. The fourth-order valence-electron chi connectivity index (χ4n) is 2.20. The van der Waals surface area contributed by atoms with Gasteiger partial charge in [0, 0.05) is 30.6 Å². The highest BCUT2D eigenvalue weighted by atomic mass is 35.5. The second-order valence-electron chi connectivity index (χ2n) is 4.84. The van der Waals surface area contributed by atoms with E-state index in [0.29, 0.717) is 24.9 Å². The lowest BCUT2D eigenvalue weighted by Gasteiger charge is -2.30. The highest BCUT2D eigenvalue weighted by Crippen LogP contribution is 2.29. The maximum absolute atomic E-state index is 12.7. The van der Waals surface area contributed by atoms with Crippen molar-refractivity contribution in [3.63, 3.8) is 0 Å². The minimum Gasteiger partial charge on any atom is -0.316 e. The topological polar surface area (TPSA) is 49.4 Å². The second kappa shape index (κ2) is 6.66. The number of hydrogen-bond donors (Lipinski definition) is 1. The van der Waals surface area contributed by atoms with Crippen LogP contribution in [0.4, 0.5) is 0 Å². The Kier molecular flexibility index (Phi) is 5.36. The summed E-state index contributed by atoms with van der Waals surface area (Å²) in [5, 5.41) is 3.62. The van der Waals surface area contributed by atoms with Gasteiger partial charge in [-0.3, -0.25) is 0 Å². The van der Waals surface area contributed by atoms with E-state index in [-0.39, 0.29) is 9.92 Å². The number of sulfonamides is 1.